The van der Waals surface area contributed by atoms with Crippen LogP contribution in [0, 0.1) is 4.91 Å². The molecule has 0 radical (unpaired) electrons. The van der Waals surface area contributed by atoms with Crippen LogP contribution in [0.4, 0.5) is 0 Å². The first-order chi connectivity index (χ1) is 5.35. The molecule has 0 amide bonds. The summed E-state index contributed by atoms with van der Waals surface area (Å²) in [6, 6.07) is 0. The molecule has 0 heterocycles. The van der Waals surface area contributed by atoms with Gasteiger partial charge in [0.25, 0.3) is 0 Å². The van der Waals surface area contributed by atoms with Gasteiger partial charge in [-0.2, -0.15) is 5.12 Å². The van der Waals surface area contributed by atoms with Gasteiger partial charge in [-0.05, 0) is 12.8 Å². The summed E-state index contributed by atoms with van der Waals surface area (Å²) in [5.41, 5.74) is 2.93. The average Bonchev–Trinajstić information content (AvgIpc) is 2.03. The number of nitrogens with zero attached hydrogens (tertiary/aromatic N) is 2. The third-order valence-electron chi connectivity index (χ3n) is 1.36. The summed E-state index contributed by atoms with van der Waals surface area (Å²) in [6.07, 6.45) is 3.15. The molecule has 4 heteroatoms. The zero-order valence-electron chi connectivity index (χ0n) is 7.34. The highest BCUT2D eigenvalue weighted by Gasteiger charge is 1.97. The van der Waals surface area contributed by atoms with Gasteiger partial charge >= 0.3 is 0 Å². The monoisotopic (exact) mass is 159 g/mol. The van der Waals surface area contributed by atoms with Gasteiger partial charge in [0.15, 0.2) is 0 Å². The van der Waals surface area contributed by atoms with Gasteiger partial charge in [0.2, 0.25) is 0 Å². The Balaban J connectivity index is 3.28. The maximum absolute atomic E-state index is 10.1. The van der Waals surface area contributed by atoms with E-state index in [0.717, 1.165) is 25.8 Å². The van der Waals surface area contributed by atoms with Crippen LogP contribution in [0.5, 0.6) is 0 Å². The van der Waals surface area contributed by atoms with Crippen molar-refractivity contribution in [2.45, 2.75) is 33.1 Å². The summed E-state index contributed by atoms with van der Waals surface area (Å²) in [6.45, 7) is 5.65. The van der Waals surface area contributed by atoms with Crippen molar-refractivity contribution in [1.82, 2.24) is 10.5 Å². The largest absolute Gasteiger partial charge is 0.215 e. The molecule has 0 aliphatic heterocycles. The fraction of sp³-hybridized carbons (Fsp3) is 1.00. The Kier molecular flexibility index (Phi) is 7.03. The number of unbranched alkanes of at least 4 members (excludes halogenated alkanes) is 1. The second-order valence-electron chi connectivity index (χ2n) is 2.47. The van der Waals surface area contributed by atoms with E-state index in [4.69, 9.17) is 0 Å². The van der Waals surface area contributed by atoms with Crippen LogP contribution in [-0.4, -0.2) is 18.2 Å². The molecule has 0 aliphatic carbocycles. The van der Waals surface area contributed by atoms with Gasteiger partial charge in [0.1, 0.15) is 0 Å². The van der Waals surface area contributed by atoms with Crippen molar-refractivity contribution in [2.75, 3.05) is 13.1 Å². The molecule has 0 rings (SSSR count). The van der Waals surface area contributed by atoms with Gasteiger partial charge in [-0.25, -0.2) is 5.43 Å². The highest BCUT2D eigenvalue weighted by molar-refractivity contribution is 4.44. The number of hydrogen-bond acceptors (Lipinski definition) is 3. The first kappa shape index (κ1) is 10.4. The Labute approximate surface area is 67.9 Å². The van der Waals surface area contributed by atoms with Crippen molar-refractivity contribution in [2.24, 2.45) is 5.29 Å². The summed E-state index contributed by atoms with van der Waals surface area (Å²) in [5.74, 6) is 0. The molecular formula is C7H17N3O. The number of hydrazine groups is 1. The van der Waals surface area contributed by atoms with Crippen LogP contribution < -0.4 is 5.43 Å². The van der Waals surface area contributed by atoms with E-state index in [2.05, 4.69) is 17.6 Å². The maximum Gasteiger partial charge on any atom is 0.0684 e. The Morgan fingerprint density at radius 2 is 2.09 bits per heavy atom. The maximum atomic E-state index is 10.1. The van der Waals surface area contributed by atoms with E-state index in [1.807, 2.05) is 6.92 Å². The van der Waals surface area contributed by atoms with E-state index in [-0.39, 0.29) is 0 Å². The van der Waals surface area contributed by atoms with Crippen molar-refractivity contribution >= 4 is 0 Å². The smallest absolute Gasteiger partial charge is 0.0684 e. The first-order valence-electron chi connectivity index (χ1n) is 4.19. The average molecular weight is 159 g/mol. The van der Waals surface area contributed by atoms with E-state index in [1.165, 1.54) is 5.12 Å². The van der Waals surface area contributed by atoms with Crippen molar-refractivity contribution < 1.29 is 0 Å². The molecule has 1 N–H and O–H groups in total. The summed E-state index contributed by atoms with van der Waals surface area (Å²) < 4.78 is 0. The highest BCUT2D eigenvalue weighted by Crippen LogP contribution is 1.88. The minimum absolute atomic E-state index is 0.688. The fourth-order valence-corrected chi connectivity index (χ4v) is 0.745. The Morgan fingerprint density at radius 1 is 1.36 bits per heavy atom. The van der Waals surface area contributed by atoms with E-state index < -0.39 is 0 Å². The number of rotatable bonds is 7. The second kappa shape index (κ2) is 7.47. The molecule has 0 aromatic carbocycles. The topological polar surface area (TPSA) is 44.7 Å². The lowest BCUT2D eigenvalue weighted by Gasteiger charge is -2.14. The second-order valence-corrected chi connectivity index (χ2v) is 2.47. The van der Waals surface area contributed by atoms with Gasteiger partial charge in [-0.3, -0.25) is 0 Å². The summed E-state index contributed by atoms with van der Waals surface area (Å²) >= 11 is 0. The van der Waals surface area contributed by atoms with Crippen LogP contribution in [0.1, 0.15) is 33.1 Å². The van der Waals surface area contributed by atoms with Crippen LogP contribution in [0.15, 0.2) is 5.29 Å². The lowest BCUT2D eigenvalue weighted by atomic mass is 10.3. The Morgan fingerprint density at radius 3 is 2.55 bits per heavy atom. The van der Waals surface area contributed by atoms with E-state index >= 15 is 0 Å². The van der Waals surface area contributed by atoms with Gasteiger partial charge in [0, 0.05) is 6.54 Å². The lowest BCUT2D eigenvalue weighted by molar-refractivity contribution is 0.192. The van der Waals surface area contributed by atoms with Crippen LogP contribution in [0.25, 0.3) is 0 Å². The lowest BCUT2D eigenvalue weighted by Crippen LogP contribution is -2.34. The normalized spacial score (nSPS) is 9.64. The molecular weight excluding hydrogens is 142 g/mol. The fourth-order valence-electron chi connectivity index (χ4n) is 0.745. The van der Waals surface area contributed by atoms with E-state index in [9.17, 15) is 4.91 Å². The van der Waals surface area contributed by atoms with Crippen molar-refractivity contribution in [1.29, 1.82) is 0 Å². The van der Waals surface area contributed by atoms with Crippen LogP contribution in [-0.2, 0) is 0 Å². The minimum atomic E-state index is 0.688. The Hall–Kier alpha value is -0.640. The molecule has 0 saturated heterocycles. The highest BCUT2D eigenvalue weighted by atomic mass is 16.3. The van der Waals surface area contributed by atoms with Gasteiger partial charge in [-0.1, -0.05) is 20.3 Å². The minimum Gasteiger partial charge on any atom is -0.215 e. The van der Waals surface area contributed by atoms with Gasteiger partial charge in [0.05, 0.1) is 11.8 Å². The summed E-state index contributed by atoms with van der Waals surface area (Å²) in [5, 5.41) is 4.18. The molecule has 0 saturated carbocycles. The van der Waals surface area contributed by atoms with Crippen molar-refractivity contribution in [3.05, 3.63) is 4.91 Å². The molecule has 66 valence electrons. The zero-order valence-corrected chi connectivity index (χ0v) is 7.34. The van der Waals surface area contributed by atoms with E-state index in [0.29, 0.717) is 6.54 Å². The third-order valence-corrected chi connectivity index (χ3v) is 1.36. The van der Waals surface area contributed by atoms with Crippen LogP contribution in [0.2, 0.25) is 0 Å². The summed E-state index contributed by atoms with van der Waals surface area (Å²) in [7, 11) is 0. The van der Waals surface area contributed by atoms with Crippen molar-refractivity contribution in [3.8, 4) is 0 Å². The zero-order chi connectivity index (χ0) is 8.53. The predicted molar refractivity (Wildman–Crippen MR) is 45.7 cm³/mol. The molecule has 0 aromatic heterocycles. The molecule has 0 bridgehead atoms. The molecule has 0 fully saturated rings. The summed E-state index contributed by atoms with van der Waals surface area (Å²) in [4.78, 5) is 10.1. The Bertz CT molecular complexity index is 97.7. The first-order valence-corrected chi connectivity index (χ1v) is 4.19. The van der Waals surface area contributed by atoms with Crippen molar-refractivity contribution in [3.63, 3.8) is 0 Å². The molecule has 0 spiro atoms. The molecule has 0 unspecified atom stereocenters. The van der Waals surface area contributed by atoms with Crippen LogP contribution >= 0.6 is 0 Å². The third kappa shape index (κ3) is 5.79. The molecule has 0 aromatic rings. The predicted octanol–water partition coefficient (Wildman–Crippen LogP) is 1.68. The quantitative estimate of drug-likeness (QED) is 0.349. The molecule has 4 nitrogen and oxygen atoms in total. The van der Waals surface area contributed by atoms with E-state index in [1.54, 1.807) is 0 Å². The number of nitroso groups, excluding NO2 is 1. The standard InChI is InChI=1S/C7H17N3O/c1-3-5-6-8-10(9-11)7-4-2/h8H,3-7H2,1-2H3. The number of nitrogens with one attached hydrogen (secondary N) is 1. The number of hydrogen-bond donors (Lipinski definition) is 1. The van der Waals surface area contributed by atoms with Gasteiger partial charge in [-0.15, -0.1) is 4.91 Å². The SMILES string of the molecule is CCCCNN(CCC)N=O. The molecule has 0 aliphatic rings. The van der Waals surface area contributed by atoms with Gasteiger partial charge < -0.3 is 0 Å². The molecule has 0 atom stereocenters. The molecule has 11 heavy (non-hydrogen) atoms. The van der Waals surface area contributed by atoms with Crippen LogP contribution in [0.3, 0.4) is 0 Å².